The molecule has 1 rings (SSSR count). The second-order valence-corrected chi connectivity index (χ2v) is 6.52. The number of hydrogen-bond donors (Lipinski definition) is 3. The highest BCUT2D eigenvalue weighted by atomic mass is 32.2. The van der Waals surface area contributed by atoms with Gasteiger partial charge in [-0.05, 0) is 33.6 Å². The van der Waals surface area contributed by atoms with E-state index in [9.17, 15) is 4.21 Å². The SMILES string of the molecule is CC(C)(C)S(=O)NC1(/C(N)=N/O)CC1. The van der Waals surface area contributed by atoms with Gasteiger partial charge in [-0.3, -0.25) is 0 Å². The van der Waals surface area contributed by atoms with Gasteiger partial charge in [0.05, 0.1) is 21.3 Å². The van der Waals surface area contributed by atoms with Crippen LogP contribution >= 0.6 is 0 Å². The lowest BCUT2D eigenvalue weighted by molar-refractivity contribution is 0.315. The minimum Gasteiger partial charge on any atom is -0.409 e. The Hall–Kier alpha value is -0.620. The number of amidine groups is 1. The summed E-state index contributed by atoms with van der Waals surface area (Å²) in [5.74, 6) is 0.120. The topological polar surface area (TPSA) is 87.7 Å². The van der Waals surface area contributed by atoms with E-state index < -0.39 is 16.5 Å². The highest BCUT2D eigenvalue weighted by Gasteiger charge is 2.49. The quantitative estimate of drug-likeness (QED) is 0.276. The van der Waals surface area contributed by atoms with Gasteiger partial charge in [-0.1, -0.05) is 5.16 Å². The first-order chi connectivity index (χ1) is 6.32. The first-order valence-electron chi connectivity index (χ1n) is 4.49. The Morgan fingerprint density at radius 1 is 1.57 bits per heavy atom. The van der Waals surface area contributed by atoms with E-state index in [4.69, 9.17) is 10.9 Å². The van der Waals surface area contributed by atoms with Crippen molar-refractivity contribution in [3.63, 3.8) is 0 Å². The van der Waals surface area contributed by atoms with Crippen molar-refractivity contribution in [2.75, 3.05) is 0 Å². The van der Waals surface area contributed by atoms with Crippen LogP contribution in [0.3, 0.4) is 0 Å². The normalized spacial score (nSPS) is 23.2. The van der Waals surface area contributed by atoms with Gasteiger partial charge in [-0.15, -0.1) is 0 Å². The molecule has 1 fully saturated rings. The summed E-state index contributed by atoms with van der Waals surface area (Å²) in [5.41, 5.74) is 4.97. The number of nitrogens with two attached hydrogens (primary N) is 1. The van der Waals surface area contributed by atoms with Gasteiger partial charge in [0.1, 0.15) is 0 Å². The number of hydrogen-bond acceptors (Lipinski definition) is 3. The van der Waals surface area contributed by atoms with Crippen LogP contribution in [-0.4, -0.2) is 25.5 Å². The summed E-state index contributed by atoms with van der Waals surface area (Å²) in [6.07, 6.45) is 1.54. The molecule has 1 aliphatic rings. The predicted octanol–water partition coefficient (Wildman–Crippen LogP) is 0.317. The second kappa shape index (κ2) is 3.51. The Balaban J connectivity index is 2.66. The van der Waals surface area contributed by atoms with Crippen molar-refractivity contribution in [3.8, 4) is 0 Å². The fourth-order valence-electron chi connectivity index (χ4n) is 0.962. The summed E-state index contributed by atoms with van der Waals surface area (Å²) in [7, 11) is -1.19. The molecule has 1 atom stereocenters. The van der Waals surface area contributed by atoms with Crippen molar-refractivity contribution in [2.45, 2.75) is 43.9 Å². The van der Waals surface area contributed by atoms with E-state index in [-0.39, 0.29) is 10.6 Å². The van der Waals surface area contributed by atoms with E-state index in [1.54, 1.807) is 0 Å². The minimum atomic E-state index is -1.19. The maximum Gasteiger partial charge on any atom is 0.160 e. The van der Waals surface area contributed by atoms with Gasteiger partial charge in [0.25, 0.3) is 0 Å². The minimum absolute atomic E-state index is 0.120. The summed E-state index contributed by atoms with van der Waals surface area (Å²) >= 11 is 0. The number of nitrogens with zero attached hydrogens (tertiary/aromatic N) is 1. The van der Waals surface area contributed by atoms with E-state index in [1.807, 2.05) is 20.8 Å². The van der Waals surface area contributed by atoms with Crippen LogP contribution < -0.4 is 10.5 Å². The molecule has 4 N–H and O–H groups in total. The predicted molar refractivity (Wildman–Crippen MR) is 56.4 cm³/mol. The molecule has 0 heterocycles. The van der Waals surface area contributed by atoms with Crippen LogP contribution in [0.15, 0.2) is 5.16 Å². The zero-order valence-electron chi connectivity index (χ0n) is 8.70. The van der Waals surface area contributed by atoms with Crippen molar-refractivity contribution < 1.29 is 9.42 Å². The Morgan fingerprint density at radius 2 is 2.07 bits per heavy atom. The lowest BCUT2D eigenvalue weighted by atomic mass is 10.3. The molecule has 1 unspecified atom stereocenters. The Kier molecular flexibility index (Phi) is 2.87. The van der Waals surface area contributed by atoms with Gasteiger partial charge in [-0.25, -0.2) is 8.93 Å². The van der Waals surface area contributed by atoms with Crippen LogP contribution in [0.5, 0.6) is 0 Å². The van der Waals surface area contributed by atoms with Gasteiger partial charge < -0.3 is 10.9 Å². The van der Waals surface area contributed by atoms with Gasteiger partial charge in [0, 0.05) is 0 Å². The molecule has 1 saturated carbocycles. The lowest BCUT2D eigenvalue weighted by Crippen LogP contribution is -2.48. The van der Waals surface area contributed by atoms with Crippen LogP contribution in [0.4, 0.5) is 0 Å². The summed E-state index contributed by atoms with van der Waals surface area (Å²) in [6, 6.07) is 0. The molecule has 1 aliphatic carbocycles. The molecular weight excluding hydrogens is 202 g/mol. The first kappa shape index (κ1) is 11.5. The monoisotopic (exact) mass is 219 g/mol. The summed E-state index contributed by atoms with van der Waals surface area (Å²) in [4.78, 5) is 0. The molecule has 14 heavy (non-hydrogen) atoms. The Bertz CT molecular complexity index is 279. The van der Waals surface area contributed by atoms with Gasteiger partial charge in [-0.2, -0.15) is 0 Å². The lowest BCUT2D eigenvalue weighted by Gasteiger charge is -2.22. The summed E-state index contributed by atoms with van der Waals surface area (Å²) in [5, 5.41) is 11.5. The molecule has 0 aromatic carbocycles. The van der Waals surface area contributed by atoms with Crippen molar-refractivity contribution in [1.29, 1.82) is 0 Å². The highest BCUT2D eigenvalue weighted by Crippen LogP contribution is 2.36. The zero-order chi connectivity index (χ0) is 11.0. The largest absolute Gasteiger partial charge is 0.409 e. The molecule has 0 amide bonds. The van der Waals surface area contributed by atoms with Crippen LogP contribution in [0.1, 0.15) is 33.6 Å². The molecule has 0 bridgehead atoms. The van der Waals surface area contributed by atoms with Gasteiger partial charge >= 0.3 is 0 Å². The maximum atomic E-state index is 11.7. The van der Waals surface area contributed by atoms with Crippen molar-refractivity contribution >= 4 is 16.8 Å². The van der Waals surface area contributed by atoms with E-state index in [1.165, 1.54) is 0 Å². The summed E-state index contributed by atoms with van der Waals surface area (Å²) < 4.78 is 14.3. The fourth-order valence-corrected chi connectivity index (χ4v) is 1.93. The smallest absolute Gasteiger partial charge is 0.160 e. The van der Waals surface area contributed by atoms with E-state index in [0.29, 0.717) is 0 Å². The average Bonchev–Trinajstić information content (AvgIpc) is 2.82. The Morgan fingerprint density at radius 3 is 2.36 bits per heavy atom. The average molecular weight is 219 g/mol. The van der Waals surface area contributed by atoms with Crippen molar-refractivity contribution in [2.24, 2.45) is 10.9 Å². The van der Waals surface area contributed by atoms with Gasteiger partial charge in [0.15, 0.2) is 5.84 Å². The molecule has 0 radical (unpaired) electrons. The molecule has 0 saturated heterocycles. The molecule has 5 nitrogen and oxygen atoms in total. The summed E-state index contributed by atoms with van der Waals surface area (Å²) in [6.45, 7) is 5.62. The maximum absolute atomic E-state index is 11.7. The number of oxime groups is 1. The molecule has 0 spiro atoms. The van der Waals surface area contributed by atoms with Crippen molar-refractivity contribution in [3.05, 3.63) is 0 Å². The Labute approximate surface area is 86.3 Å². The third-order valence-electron chi connectivity index (χ3n) is 2.19. The highest BCUT2D eigenvalue weighted by molar-refractivity contribution is 7.84. The third-order valence-corrected chi connectivity index (χ3v) is 3.88. The molecule has 0 aromatic rings. The van der Waals surface area contributed by atoms with Crippen LogP contribution in [0, 0.1) is 0 Å². The standard InChI is InChI=1S/C8H17N3O2S/c1-7(2,3)14(13)11-8(4-5-8)6(9)10-12/h11-12H,4-5H2,1-3H3,(H2,9,10). The number of nitrogens with one attached hydrogen (secondary N) is 1. The fraction of sp³-hybridized carbons (Fsp3) is 0.875. The second-order valence-electron chi connectivity index (χ2n) is 4.55. The van der Waals surface area contributed by atoms with E-state index in [2.05, 4.69) is 9.88 Å². The van der Waals surface area contributed by atoms with E-state index in [0.717, 1.165) is 12.8 Å². The molecular formula is C8H17N3O2S. The third kappa shape index (κ3) is 2.24. The van der Waals surface area contributed by atoms with Crippen LogP contribution in [-0.2, 0) is 11.0 Å². The van der Waals surface area contributed by atoms with Crippen molar-refractivity contribution in [1.82, 2.24) is 4.72 Å². The molecule has 6 heteroatoms. The first-order valence-corrected chi connectivity index (χ1v) is 5.64. The molecule has 82 valence electrons. The molecule has 0 aromatic heterocycles. The van der Waals surface area contributed by atoms with Gasteiger partial charge in [0.2, 0.25) is 0 Å². The zero-order valence-corrected chi connectivity index (χ0v) is 9.52. The van der Waals surface area contributed by atoms with Crippen LogP contribution in [0.2, 0.25) is 0 Å². The number of rotatable bonds is 3. The van der Waals surface area contributed by atoms with Crippen LogP contribution in [0.25, 0.3) is 0 Å². The molecule has 0 aliphatic heterocycles. The van der Waals surface area contributed by atoms with E-state index >= 15 is 0 Å².